The van der Waals surface area contributed by atoms with E-state index < -0.39 is 4.92 Å². The summed E-state index contributed by atoms with van der Waals surface area (Å²) in [4.78, 5) is 23.9. The van der Waals surface area contributed by atoms with E-state index in [1.165, 1.54) is 24.1 Å². The zero-order valence-electron chi connectivity index (χ0n) is 11.6. The second kappa shape index (κ2) is 7.44. The standard InChI is InChI=1S/C13H19N3O4/c1-3-6-14-11-5-4-10(9-12(11)16(19)20)13(18)15(2)7-8-17/h4-5,9,14,17H,3,6-8H2,1-2H3. The second-order valence-electron chi connectivity index (χ2n) is 4.37. The molecule has 0 fully saturated rings. The summed E-state index contributed by atoms with van der Waals surface area (Å²) in [5, 5.41) is 22.8. The number of anilines is 1. The van der Waals surface area contributed by atoms with Crippen molar-refractivity contribution in [3.63, 3.8) is 0 Å². The van der Waals surface area contributed by atoms with Gasteiger partial charge in [0.15, 0.2) is 0 Å². The van der Waals surface area contributed by atoms with Crippen molar-refractivity contribution in [3.8, 4) is 0 Å². The molecule has 20 heavy (non-hydrogen) atoms. The van der Waals surface area contributed by atoms with Gasteiger partial charge in [-0.25, -0.2) is 0 Å². The molecule has 0 unspecified atom stereocenters. The smallest absolute Gasteiger partial charge is 0.293 e. The Labute approximate surface area is 117 Å². The SMILES string of the molecule is CCCNc1ccc(C(=O)N(C)CCO)cc1[N+](=O)[O-]. The maximum absolute atomic E-state index is 12.0. The number of nitro benzene ring substituents is 1. The third-order valence-electron chi connectivity index (χ3n) is 2.79. The molecule has 1 rings (SSSR count). The third-order valence-corrected chi connectivity index (χ3v) is 2.79. The molecule has 0 aliphatic carbocycles. The van der Waals surface area contributed by atoms with E-state index in [1.54, 1.807) is 6.07 Å². The average Bonchev–Trinajstić information content (AvgIpc) is 2.44. The summed E-state index contributed by atoms with van der Waals surface area (Å²) in [6.07, 6.45) is 0.844. The van der Waals surface area contributed by atoms with Gasteiger partial charge in [-0.15, -0.1) is 0 Å². The Balaban J connectivity index is 3.03. The van der Waals surface area contributed by atoms with Gasteiger partial charge in [-0.05, 0) is 18.6 Å². The minimum absolute atomic E-state index is 0.123. The van der Waals surface area contributed by atoms with Crippen LogP contribution in [0.2, 0.25) is 0 Å². The van der Waals surface area contributed by atoms with Gasteiger partial charge in [0.25, 0.3) is 11.6 Å². The Morgan fingerprint density at radius 2 is 2.20 bits per heavy atom. The van der Waals surface area contributed by atoms with E-state index >= 15 is 0 Å². The quantitative estimate of drug-likeness (QED) is 0.583. The largest absolute Gasteiger partial charge is 0.395 e. The lowest BCUT2D eigenvalue weighted by molar-refractivity contribution is -0.384. The Kier molecular flexibility index (Phi) is 5.92. The molecule has 0 heterocycles. The minimum Gasteiger partial charge on any atom is -0.395 e. The van der Waals surface area contributed by atoms with Crippen molar-refractivity contribution in [3.05, 3.63) is 33.9 Å². The van der Waals surface area contributed by atoms with E-state index in [-0.39, 0.29) is 30.3 Å². The summed E-state index contributed by atoms with van der Waals surface area (Å²) in [5.74, 6) is -0.357. The van der Waals surface area contributed by atoms with Crippen molar-refractivity contribution in [1.29, 1.82) is 0 Å². The van der Waals surface area contributed by atoms with Gasteiger partial charge >= 0.3 is 0 Å². The van der Waals surface area contributed by atoms with Crippen LogP contribution in [0.5, 0.6) is 0 Å². The summed E-state index contributed by atoms with van der Waals surface area (Å²) >= 11 is 0. The molecule has 0 saturated heterocycles. The molecule has 0 spiro atoms. The normalized spacial score (nSPS) is 10.2. The van der Waals surface area contributed by atoms with Crippen molar-refractivity contribution in [2.45, 2.75) is 13.3 Å². The lowest BCUT2D eigenvalue weighted by Gasteiger charge is -2.16. The maximum Gasteiger partial charge on any atom is 0.293 e. The van der Waals surface area contributed by atoms with Crippen LogP contribution in [0, 0.1) is 10.1 Å². The zero-order chi connectivity index (χ0) is 15.1. The first-order valence-corrected chi connectivity index (χ1v) is 6.39. The Morgan fingerprint density at radius 3 is 2.75 bits per heavy atom. The summed E-state index contributed by atoms with van der Waals surface area (Å²) in [7, 11) is 1.54. The number of nitro groups is 1. The predicted molar refractivity (Wildman–Crippen MR) is 75.9 cm³/mol. The van der Waals surface area contributed by atoms with E-state index in [4.69, 9.17) is 5.11 Å². The van der Waals surface area contributed by atoms with Gasteiger partial charge in [0, 0.05) is 31.8 Å². The van der Waals surface area contributed by atoms with Crippen LogP contribution in [0.15, 0.2) is 18.2 Å². The molecule has 1 amide bonds. The highest BCUT2D eigenvalue weighted by Crippen LogP contribution is 2.26. The fourth-order valence-electron chi connectivity index (χ4n) is 1.70. The number of amides is 1. The number of rotatable bonds is 7. The predicted octanol–water partition coefficient (Wildman–Crippen LogP) is 1.48. The van der Waals surface area contributed by atoms with E-state index in [2.05, 4.69) is 5.32 Å². The molecule has 1 aromatic rings. The van der Waals surface area contributed by atoms with E-state index in [1.807, 2.05) is 6.92 Å². The Bertz CT molecular complexity index is 491. The van der Waals surface area contributed by atoms with Gasteiger partial charge in [-0.2, -0.15) is 0 Å². The van der Waals surface area contributed by atoms with E-state index in [0.29, 0.717) is 12.2 Å². The second-order valence-corrected chi connectivity index (χ2v) is 4.37. The van der Waals surface area contributed by atoms with Gasteiger partial charge in [-0.1, -0.05) is 6.92 Å². The van der Waals surface area contributed by atoms with E-state index in [0.717, 1.165) is 6.42 Å². The number of hydrogen-bond donors (Lipinski definition) is 2. The maximum atomic E-state index is 12.0. The number of hydrogen-bond acceptors (Lipinski definition) is 5. The number of benzene rings is 1. The fraction of sp³-hybridized carbons (Fsp3) is 0.462. The minimum atomic E-state index is -0.513. The molecule has 0 aliphatic heterocycles. The topological polar surface area (TPSA) is 95.7 Å². The summed E-state index contributed by atoms with van der Waals surface area (Å²) in [6.45, 7) is 2.61. The molecule has 0 aromatic heterocycles. The monoisotopic (exact) mass is 281 g/mol. The number of nitrogens with one attached hydrogen (secondary N) is 1. The molecule has 0 radical (unpaired) electrons. The van der Waals surface area contributed by atoms with Gasteiger partial charge in [0.05, 0.1) is 11.5 Å². The van der Waals surface area contributed by atoms with Crippen LogP contribution in [-0.2, 0) is 0 Å². The summed E-state index contributed by atoms with van der Waals surface area (Å²) < 4.78 is 0. The van der Waals surface area contributed by atoms with Gasteiger partial charge in [0.2, 0.25) is 0 Å². The molecular weight excluding hydrogens is 262 g/mol. The van der Waals surface area contributed by atoms with Crippen LogP contribution < -0.4 is 5.32 Å². The van der Waals surface area contributed by atoms with Crippen LogP contribution >= 0.6 is 0 Å². The van der Waals surface area contributed by atoms with Crippen LogP contribution in [0.3, 0.4) is 0 Å². The fourth-order valence-corrected chi connectivity index (χ4v) is 1.70. The number of aliphatic hydroxyl groups is 1. The molecule has 2 N–H and O–H groups in total. The summed E-state index contributed by atoms with van der Waals surface area (Å²) in [5.41, 5.74) is 0.509. The van der Waals surface area contributed by atoms with Crippen LogP contribution in [0.4, 0.5) is 11.4 Å². The van der Waals surface area contributed by atoms with Gasteiger partial charge in [0.1, 0.15) is 5.69 Å². The molecule has 0 aliphatic rings. The lowest BCUT2D eigenvalue weighted by Crippen LogP contribution is -2.29. The van der Waals surface area contributed by atoms with E-state index in [9.17, 15) is 14.9 Å². The molecule has 110 valence electrons. The van der Waals surface area contributed by atoms with Crippen molar-refractivity contribution in [2.75, 3.05) is 32.1 Å². The van der Waals surface area contributed by atoms with Crippen molar-refractivity contribution in [1.82, 2.24) is 4.90 Å². The number of aliphatic hydroxyl groups excluding tert-OH is 1. The number of carbonyl (C=O) groups excluding carboxylic acids is 1. The van der Waals surface area contributed by atoms with Crippen molar-refractivity contribution >= 4 is 17.3 Å². The Hall–Kier alpha value is -2.15. The molecule has 0 atom stereocenters. The Morgan fingerprint density at radius 1 is 1.50 bits per heavy atom. The zero-order valence-corrected chi connectivity index (χ0v) is 11.6. The first kappa shape index (κ1) is 15.9. The molecule has 0 bridgehead atoms. The lowest BCUT2D eigenvalue weighted by atomic mass is 10.1. The van der Waals surface area contributed by atoms with Crippen molar-refractivity contribution < 1.29 is 14.8 Å². The first-order valence-electron chi connectivity index (χ1n) is 6.39. The first-order chi connectivity index (χ1) is 9.51. The number of likely N-dealkylation sites (N-methyl/N-ethyl adjacent to an activating group) is 1. The highest BCUT2D eigenvalue weighted by Gasteiger charge is 2.19. The highest BCUT2D eigenvalue weighted by atomic mass is 16.6. The molecule has 7 heteroatoms. The summed E-state index contributed by atoms with van der Waals surface area (Å²) in [6, 6.07) is 4.34. The van der Waals surface area contributed by atoms with Gasteiger partial charge in [-0.3, -0.25) is 14.9 Å². The highest BCUT2D eigenvalue weighted by molar-refractivity contribution is 5.95. The van der Waals surface area contributed by atoms with Crippen LogP contribution in [0.1, 0.15) is 23.7 Å². The number of carbonyl (C=O) groups is 1. The van der Waals surface area contributed by atoms with Gasteiger partial charge < -0.3 is 15.3 Å². The molecule has 7 nitrogen and oxygen atoms in total. The average molecular weight is 281 g/mol. The molecule has 1 aromatic carbocycles. The van der Waals surface area contributed by atoms with Crippen LogP contribution in [-0.4, -0.2) is 47.6 Å². The van der Waals surface area contributed by atoms with Crippen LogP contribution in [0.25, 0.3) is 0 Å². The molecular formula is C13H19N3O4. The van der Waals surface area contributed by atoms with Crippen molar-refractivity contribution in [2.24, 2.45) is 0 Å². The molecule has 0 saturated carbocycles. The third kappa shape index (κ3) is 3.92. The number of nitrogens with zero attached hydrogens (tertiary/aromatic N) is 2.